The first-order chi connectivity index (χ1) is 5.92. The molecule has 0 unspecified atom stereocenters. The van der Waals surface area contributed by atoms with E-state index in [4.69, 9.17) is 0 Å². The Hall–Kier alpha value is -0.290. The molecule has 1 aliphatic carbocycles. The third kappa shape index (κ3) is 1.34. The first-order valence-corrected chi connectivity index (χ1v) is 4.42. The quantitative estimate of drug-likeness (QED) is 0.602. The molecular formula is C8H12F3NO. The van der Waals surface area contributed by atoms with Crippen molar-refractivity contribution >= 4 is 0 Å². The van der Waals surface area contributed by atoms with E-state index in [1.807, 2.05) is 0 Å². The lowest BCUT2D eigenvalue weighted by molar-refractivity contribution is -0.259. The molecule has 2 fully saturated rings. The van der Waals surface area contributed by atoms with E-state index < -0.39 is 11.8 Å². The molecule has 0 bridgehead atoms. The molecule has 2 aliphatic rings. The number of alkyl halides is 3. The number of nitrogens with one attached hydrogen (secondary N) is 1. The summed E-state index contributed by atoms with van der Waals surface area (Å²) < 4.78 is 37.1. The number of halogens is 3. The molecule has 2 N–H and O–H groups in total. The maximum Gasteiger partial charge on any atom is 0.417 e. The van der Waals surface area contributed by atoms with Crippen LogP contribution in [0, 0.1) is 11.8 Å². The topological polar surface area (TPSA) is 32.3 Å². The summed E-state index contributed by atoms with van der Waals surface area (Å²) in [5.41, 5.74) is -2.41. The number of aliphatic hydroxyl groups is 1. The molecule has 0 aromatic rings. The predicted molar refractivity (Wildman–Crippen MR) is 40.1 cm³/mol. The number of fused-ring (bicyclic) bond motifs is 1. The van der Waals surface area contributed by atoms with Crippen LogP contribution >= 0.6 is 0 Å². The minimum absolute atomic E-state index is 0.00613. The zero-order valence-corrected chi connectivity index (χ0v) is 7.06. The minimum Gasteiger partial charge on any atom is -0.380 e. The third-order valence-corrected chi connectivity index (χ3v) is 3.21. The monoisotopic (exact) mass is 195 g/mol. The van der Waals surface area contributed by atoms with Gasteiger partial charge in [-0.15, -0.1) is 0 Å². The van der Waals surface area contributed by atoms with Crippen LogP contribution in [0.3, 0.4) is 0 Å². The Kier molecular flexibility index (Phi) is 1.86. The maximum absolute atomic E-state index is 12.4. The lowest BCUT2D eigenvalue weighted by Gasteiger charge is -2.26. The Labute approximate surface area is 74.1 Å². The number of rotatable bonds is 0. The number of hydrogen-bond donors (Lipinski definition) is 2. The zero-order valence-electron chi connectivity index (χ0n) is 7.06. The van der Waals surface area contributed by atoms with Crippen LogP contribution in [0.5, 0.6) is 0 Å². The summed E-state index contributed by atoms with van der Waals surface area (Å²) in [4.78, 5) is 0. The van der Waals surface area contributed by atoms with Gasteiger partial charge in [0.05, 0.1) is 0 Å². The summed E-state index contributed by atoms with van der Waals surface area (Å²) in [5.74, 6) is 0.0123. The van der Waals surface area contributed by atoms with Gasteiger partial charge in [0.15, 0.2) is 5.60 Å². The number of hydrogen-bond acceptors (Lipinski definition) is 2. The molecule has 13 heavy (non-hydrogen) atoms. The van der Waals surface area contributed by atoms with Crippen LogP contribution in [0.15, 0.2) is 0 Å². The molecule has 76 valence electrons. The Morgan fingerprint density at radius 3 is 2.00 bits per heavy atom. The highest BCUT2D eigenvalue weighted by Crippen LogP contribution is 2.49. The molecule has 5 heteroatoms. The highest BCUT2D eigenvalue weighted by Gasteiger charge is 2.60. The van der Waals surface area contributed by atoms with E-state index in [9.17, 15) is 18.3 Å². The standard InChI is InChI=1S/C8H12F3NO/c9-8(10,11)7(13)1-5-3-12-4-6(5)2-7/h5-6,12-13H,1-4H2/t5-,6-/m1/s1. The second-order valence-electron chi connectivity index (χ2n) is 4.12. The molecule has 0 aromatic carbocycles. The average Bonchev–Trinajstić information content (AvgIpc) is 2.42. The van der Waals surface area contributed by atoms with Crippen LogP contribution in [0.1, 0.15) is 12.8 Å². The molecule has 2 nitrogen and oxygen atoms in total. The van der Waals surface area contributed by atoms with Crippen molar-refractivity contribution < 1.29 is 18.3 Å². The smallest absolute Gasteiger partial charge is 0.380 e. The second-order valence-corrected chi connectivity index (χ2v) is 4.12. The van der Waals surface area contributed by atoms with Crippen molar-refractivity contribution in [2.75, 3.05) is 13.1 Å². The van der Waals surface area contributed by atoms with Gasteiger partial charge in [-0.1, -0.05) is 0 Å². The van der Waals surface area contributed by atoms with Crippen molar-refractivity contribution in [3.05, 3.63) is 0 Å². The molecule has 0 amide bonds. The fourth-order valence-corrected chi connectivity index (χ4v) is 2.45. The van der Waals surface area contributed by atoms with Gasteiger partial charge in [-0.2, -0.15) is 13.2 Å². The Balaban J connectivity index is 2.13. The summed E-state index contributed by atoms with van der Waals surface area (Å²) in [6.07, 6.45) is -4.72. The van der Waals surface area contributed by atoms with E-state index in [2.05, 4.69) is 5.32 Å². The normalized spacial score (nSPS) is 37.8. The fraction of sp³-hybridized carbons (Fsp3) is 1.00. The molecule has 0 spiro atoms. The van der Waals surface area contributed by atoms with E-state index in [-0.39, 0.29) is 24.7 Å². The summed E-state index contributed by atoms with van der Waals surface area (Å²) in [6.45, 7) is 1.23. The van der Waals surface area contributed by atoms with E-state index in [0.717, 1.165) is 0 Å². The van der Waals surface area contributed by atoms with Gasteiger partial charge >= 0.3 is 6.18 Å². The van der Waals surface area contributed by atoms with Crippen molar-refractivity contribution in [3.8, 4) is 0 Å². The summed E-state index contributed by atoms with van der Waals surface area (Å²) >= 11 is 0. The van der Waals surface area contributed by atoms with Crippen LogP contribution < -0.4 is 5.32 Å². The third-order valence-electron chi connectivity index (χ3n) is 3.21. The van der Waals surface area contributed by atoms with Gasteiger partial charge in [-0.05, 0) is 37.8 Å². The average molecular weight is 195 g/mol. The lowest BCUT2D eigenvalue weighted by Crippen LogP contribution is -2.43. The van der Waals surface area contributed by atoms with E-state index in [1.54, 1.807) is 0 Å². The lowest BCUT2D eigenvalue weighted by atomic mass is 10.00. The van der Waals surface area contributed by atoms with Gasteiger partial charge in [0.1, 0.15) is 0 Å². The molecule has 1 heterocycles. The van der Waals surface area contributed by atoms with Crippen molar-refractivity contribution in [2.45, 2.75) is 24.6 Å². The Bertz CT molecular complexity index is 204. The van der Waals surface area contributed by atoms with Crippen LogP contribution in [-0.4, -0.2) is 30.0 Å². The zero-order chi connectivity index (χ0) is 9.69. The molecular weight excluding hydrogens is 183 g/mol. The second kappa shape index (κ2) is 2.60. The van der Waals surface area contributed by atoms with E-state index >= 15 is 0 Å². The van der Waals surface area contributed by atoms with Crippen molar-refractivity contribution in [1.29, 1.82) is 0 Å². The summed E-state index contributed by atoms with van der Waals surface area (Å²) in [6, 6.07) is 0. The van der Waals surface area contributed by atoms with Crippen molar-refractivity contribution in [1.82, 2.24) is 5.32 Å². The van der Waals surface area contributed by atoms with Gasteiger partial charge in [0.25, 0.3) is 0 Å². The van der Waals surface area contributed by atoms with E-state index in [0.29, 0.717) is 13.1 Å². The molecule has 2 rings (SSSR count). The molecule has 0 radical (unpaired) electrons. The van der Waals surface area contributed by atoms with E-state index in [1.165, 1.54) is 0 Å². The Morgan fingerprint density at radius 1 is 1.15 bits per heavy atom. The van der Waals surface area contributed by atoms with Gasteiger partial charge in [0.2, 0.25) is 0 Å². The largest absolute Gasteiger partial charge is 0.417 e. The molecule has 1 saturated carbocycles. The Morgan fingerprint density at radius 2 is 1.62 bits per heavy atom. The minimum atomic E-state index is -4.46. The van der Waals surface area contributed by atoms with Gasteiger partial charge in [0, 0.05) is 0 Å². The van der Waals surface area contributed by atoms with Crippen molar-refractivity contribution in [2.24, 2.45) is 11.8 Å². The SMILES string of the molecule is OC1(C(F)(F)F)C[C@@H]2CNC[C@H]2C1. The summed E-state index contributed by atoms with van der Waals surface area (Å²) in [5, 5.41) is 12.4. The molecule has 1 aliphatic heterocycles. The predicted octanol–water partition coefficient (Wildman–Crippen LogP) is 0.909. The summed E-state index contributed by atoms with van der Waals surface area (Å²) in [7, 11) is 0. The molecule has 2 atom stereocenters. The van der Waals surface area contributed by atoms with Gasteiger partial charge < -0.3 is 10.4 Å². The molecule has 0 aromatic heterocycles. The van der Waals surface area contributed by atoms with Gasteiger partial charge in [-0.3, -0.25) is 0 Å². The van der Waals surface area contributed by atoms with Gasteiger partial charge in [-0.25, -0.2) is 0 Å². The first-order valence-electron chi connectivity index (χ1n) is 4.42. The first kappa shape index (κ1) is 9.27. The van der Waals surface area contributed by atoms with Crippen LogP contribution in [-0.2, 0) is 0 Å². The van der Waals surface area contributed by atoms with Crippen LogP contribution in [0.2, 0.25) is 0 Å². The van der Waals surface area contributed by atoms with Crippen LogP contribution in [0.4, 0.5) is 13.2 Å². The van der Waals surface area contributed by atoms with Crippen LogP contribution in [0.25, 0.3) is 0 Å². The fourth-order valence-electron chi connectivity index (χ4n) is 2.45. The highest BCUT2D eigenvalue weighted by molar-refractivity contribution is 5.02. The highest BCUT2D eigenvalue weighted by atomic mass is 19.4. The molecule has 1 saturated heterocycles. The van der Waals surface area contributed by atoms with Crippen molar-refractivity contribution in [3.63, 3.8) is 0 Å². The maximum atomic E-state index is 12.4.